The van der Waals surface area contributed by atoms with Gasteiger partial charge in [0.2, 0.25) is 0 Å². The number of rotatable bonds is 2. The van der Waals surface area contributed by atoms with E-state index in [-0.39, 0.29) is 0 Å². The fourth-order valence-electron chi connectivity index (χ4n) is 1.85. The Morgan fingerprint density at radius 3 is 3.25 bits per heavy atom. The quantitative estimate of drug-likeness (QED) is 0.864. The van der Waals surface area contributed by atoms with Gasteiger partial charge < -0.3 is 4.74 Å². The molecule has 0 bridgehead atoms. The van der Waals surface area contributed by atoms with Crippen molar-refractivity contribution in [2.45, 2.75) is 33.1 Å². The van der Waals surface area contributed by atoms with Crippen LogP contribution in [0, 0.1) is 5.92 Å². The van der Waals surface area contributed by atoms with Crippen molar-refractivity contribution in [3.63, 3.8) is 0 Å². The first-order valence-corrected chi connectivity index (χ1v) is 6.43. The van der Waals surface area contributed by atoms with Gasteiger partial charge in [-0.15, -0.1) is 11.3 Å². The lowest BCUT2D eigenvalue weighted by Crippen LogP contribution is -2.13. The number of ether oxygens (including phenoxy) is 1. The van der Waals surface area contributed by atoms with E-state index in [0.717, 1.165) is 24.5 Å². The van der Waals surface area contributed by atoms with Crippen LogP contribution >= 0.6 is 11.3 Å². The topological polar surface area (TPSA) is 51.2 Å². The average molecular weight is 240 g/mol. The van der Waals surface area contributed by atoms with Crippen LogP contribution in [0.25, 0.3) is 0 Å². The maximum Gasteiger partial charge on any atom is 0.413 e. The molecule has 4 nitrogen and oxygen atoms in total. The monoisotopic (exact) mass is 240 g/mol. The van der Waals surface area contributed by atoms with Gasteiger partial charge in [0.15, 0.2) is 5.13 Å². The first-order chi connectivity index (χ1) is 7.69. The molecule has 16 heavy (non-hydrogen) atoms. The first-order valence-electron chi connectivity index (χ1n) is 5.61. The predicted octanol–water partition coefficient (Wildman–Crippen LogP) is 2.84. The lowest BCUT2D eigenvalue weighted by Gasteiger charge is -2.15. The molecule has 1 aliphatic rings. The molecule has 2 rings (SSSR count). The smallest absolute Gasteiger partial charge is 0.413 e. The largest absolute Gasteiger partial charge is 0.450 e. The second kappa shape index (κ2) is 4.82. The minimum Gasteiger partial charge on any atom is -0.450 e. The molecule has 5 heteroatoms. The van der Waals surface area contributed by atoms with Crippen LogP contribution < -0.4 is 5.32 Å². The van der Waals surface area contributed by atoms with E-state index in [1.807, 2.05) is 0 Å². The van der Waals surface area contributed by atoms with Crippen LogP contribution in [0.1, 0.15) is 30.8 Å². The summed E-state index contributed by atoms with van der Waals surface area (Å²) in [5.41, 5.74) is 1.15. The summed E-state index contributed by atoms with van der Waals surface area (Å²) in [5.74, 6) is 0.725. The van der Waals surface area contributed by atoms with Gasteiger partial charge in [0.1, 0.15) is 0 Å². The van der Waals surface area contributed by atoms with Gasteiger partial charge >= 0.3 is 6.09 Å². The van der Waals surface area contributed by atoms with E-state index >= 15 is 0 Å². The first kappa shape index (κ1) is 11.4. The third-order valence-corrected chi connectivity index (χ3v) is 3.71. The Balaban J connectivity index is 2.04. The molecule has 0 aromatic carbocycles. The Hall–Kier alpha value is -1.10. The van der Waals surface area contributed by atoms with Crippen molar-refractivity contribution >= 4 is 22.6 Å². The Labute approximate surface area is 99.0 Å². The van der Waals surface area contributed by atoms with Crippen LogP contribution in [-0.4, -0.2) is 17.7 Å². The molecule has 1 aromatic rings. The second-order valence-corrected chi connectivity index (χ2v) is 5.17. The molecule has 0 saturated heterocycles. The van der Waals surface area contributed by atoms with E-state index in [1.54, 1.807) is 18.3 Å². The number of aromatic nitrogens is 1. The van der Waals surface area contributed by atoms with Crippen molar-refractivity contribution in [3.05, 3.63) is 10.6 Å². The molecule has 0 spiro atoms. The number of amides is 1. The van der Waals surface area contributed by atoms with Crippen molar-refractivity contribution < 1.29 is 9.53 Å². The Bertz CT molecular complexity index is 389. The van der Waals surface area contributed by atoms with E-state index < -0.39 is 6.09 Å². The van der Waals surface area contributed by atoms with Crippen LogP contribution in [0.5, 0.6) is 0 Å². The summed E-state index contributed by atoms with van der Waals surface area (Å²) in [6.45, 7) is 4.42. The van der Waals surface area contributed by atoms with Gasteiger partial charge in [-0.2, -0.15) is 0 Å². The fourth-order valence-corrected chi connectivity index (χ4v) is 3.00. The molecule has 1 heterocycles. The molecule has 0 fully saturated rings. The lowest BCUT2D eigenvalue weighted by atomic mass is 9.93. The van der Waals surface area contributed by atoms with Gasteiger partial charge in [-0.25, -0.2) is 9.78 Å². The van der Waals surface area contributed by atoms with E-state index in [9.17, 15) is 4.79 Å². The normalized spacial score (nSPS) is 19.0. The van der Waals surface area contributed by atoms with Gasteiger partial charge in [-0.1, -0.05) is 6.92 Å². The molecule has 1 aromatic heterocycles. The molecule has 0 radical (unpaired) electrons. The van der Waals surface area contributed by atoms with Crippen LogP contribution in [0.2, 0.25) is 0 Å². The van der Waals surface area contributed by atoms with E-state index in [4.69, 9.17) is 4.74 Å². The van der Waals surface area contributed by atoms with E-state index in [0.29, 0.717) is 11.7 Å². The molecule has 88 valence electrons. The molecule has 0 aliphatic heterocycles. The molecular weight excluding hydrogens is 224 g/mol. The molecule has 1 N–H and O–H groups in total. The highest BCUT2D eigenvalue weighted by Crippen LogP contribution is 2.32. The summed E-state index contributed by atoms with van der Waals surface area (Å²) in [5, 5.41) is 3.33. The van der Waals surface area contributed by atoms with Crippen molar-refractivity contribution in [2.75, 3.05) is 11.9 Å². The van der Waals surface area contributed by atoms with Crippen LogP contribution in [-0.2, 0) is 17.6 Å². The number of carbonyl (C=O) groups excluding carboxylic acids is 1. The molecule has 1 amide bonds. The minimum atomic E-state index is -0.415. The Kier molecular flexibility index (Phi) is 3.43. The Morgan fingerprint density at radius 2 is 2.50 bits per heavy atom. The molecule has 0 saturated carbocycles. The Morgan fingerprint density at radius 1 is 1.69 bits per heavy atom. The van der Waals surface area contributed by atoms with Gasteiger partial charge in [0.05, 0.1) is 12.3 Å². The highest BCUT2D eigenvalue weighted by molar-refractivity contribution is 7.15. The number of carbonyl (C=O) groups is 1. The summed E-state index contributed by atoms with van der Waals surface area (Å²) >= 11 is 1.57. The van der Waals surface area contributed by atoms with Crippen LogP contribution in [0.3, 0.4) is 0 Å². The van der Waals surface area contributed by atoms with Crippen LogP contribution in [0.15, 0.2) is 0 Å². The number of hydrogen-bond donors (Lipinski definition) is 1. The summed E-state index contributed by atoms with van der Waals surface area (Å²) in [4.78, 5) is 16.9. The van der Waals surface area contributed by atoms with Gasteiger partial charge in [0, 0.05) is 4.88 Å². The second-order valence-electron chi connectivity index (χ2n) is 4.08. The van der Waals surface area contributed by atoms with E-state index in [1.165, 1.54) is 11.3 Å². The van der Waals surface area contributed by atoms with Crippen LogP contribution in [0.4, 0.5) is 9.93 Å². The number of aryl methyl sites for hydroxylation is 1. The van der Waals surface area contributed by atoms with Gasteiger partial charge in [-0.05, 0) is 32.1 Å². The highest BCUT2D eigenvalue weighted by Gasteiger charge is 2.20. The summed E-state index contributed by atoms with van der Waals surface area (Å²) in [6.07, 6.45) is 2.88. The molecule has 1 atom stereocenters. The standard InChI is InChI=1S/C11H16N2O2S/c1-3-15-11(14)13-10-12-8-5-4-7(2)6-9(8)16-10/h7H,3-6H2,1-2H3,(H,12,13,14)/t7-/m0/s1. The third kappa shape index (κ3) is 2.52. The number of thiazole rings is 1. The summed E-state index contributed by atoms with van der Waals surface area (Å²) in [7, 11) is 0. The SMILES string of the molecule is CCOC(=O)Nc1nc2c(s1)C[C@@H](C)CC2. The summed E-state index contributed by atoms with van der Waals surface area (Å²) < 4.78 is 4.82. The third-order valence-electron chi connectivity index (χ3n) is 2.67. The molecule has 0 unspecified atom stereocenters. The van der Waals surface area contributed by atoms with E-state index in [2.05, 4.69) is 17.2 Å². The number of anilines is 1. The van der Waals surface area contributed by atoms with Crippen molar-refractivity contribution in [2.24, 2.45) is 5.92 Å². The minimum absolute atomic E-state index is 0.383. The predicted molar refractivity (Wildman–Crippen MR) is 63.9 cm³/mol. The van der Waals surface area contributed by atoms with Gasteiger partial charge in [0.25, 0.3) is 0 Å². The van der Waals surface area contributed by atoms with Crippen molar-refractivity contribution in [1.82, 2.24) is 4.98 Å². The number of fused-ring (bicyclic) bond motifs is 1. The lowest BCUT2D eigenvalue weighted by molar-refractivity contribution is 0.168. The zero-order valence-corrected chi connectivity index (χ0v) is 10.4. The molecule has 1 aliphatic carbocycles. The highest BCUT2D eigenvalue weighted by atomic mass is 32.1. The zero-order chi connectivity index (χ0) is 11.5. The summed E-state index contributed by atoms with van der Waals surface area (Å²) in [6, 6.07) is 0. The number of nitrogens with zero attached hydrogens (tertiary/aromatic N) is 1. The van der Waals surface area contributed by atoms with Crippen molar-refractivity contribution in [1.29, 1.82) is 0 Å². The van der Waals surface area contributed by atoms with Crippen molar-refractivity contribution in [3.8, 4) is 0 Å². The zero-order valence-electron chi connectivity index (χ0n) is 9.58. The average Bonchev–Trinajstić information content (AvgIpc) is 2.59. The van der Waals surface area contributed by atoms with Gasteiger partial charge in [-0.3, -0.25) is 5.32 Å². The number of hydrogen-bond acceptors (Lipinski definition) is 4. The maximum atomic E-state index is 11.2. The maximum absolute atomic E-state index is 11.2. The number of nitrogens with one attached hydrogen (secondary N) is 1. The fraction of sp³-hybridized carbons (Fsp3) is 0.636. The molecular formula is C11H16N2O2S.